The molecule has 35 heavy (non-hydrogen) atoms. The third-order valence-corrected chi connectivity index (χ3v) is 7.04. The number of carbonyl (C=O) groups excluding carboxylic acids is 2. The van der Waals surface area contributed by atoms with Gasteiger partial charge in [-0.25, -0.2) is 0 Å². The Bertz CT molecular complexity index is 982. The van der Waals surface area contributed by atoms with Crippen molar-refractivity contribution in [1.29, 1.82) is 0 Å². The van der Waals surface area contributed by atoms with Crippen LogP contribution in [0.3, 0.4) is 0 Å². The van der Waals surface area contributed by atoms with Gasteiger partial charge in [0.25, 0.3) is 5.91 Å². The van der Waals surface area contributed by atoms with Gasteiger partial charge >= 0.3 is 0 Å². The Hall–Kier alpha value is -2.66. The zero-order valence-corrected chi connectivity index (χ0v) is 22.2. The molecule has 3 rings (SSSR count). The van der Waals surface area contributed by atoms with E-state index in [9.17, 15) is 9.59 Å². The number of hydrogen-bond acceptors (Lipinski definition) is 3. The van der Waals surface area contributed by atoms with Crippen molar-refractivity contribution in [2.24, 2.45) is 17.1 Å². The molecule has 5 heteroatoms. The minimum absolute atomic E-state index is 0.0520. The fourth-order valence-electron chi connectivity index (χ4n) is 4.64. The summed E-state index contributed by atoms with van der Waals surface area (Å²) in [5.41, 5.74) is 9.53. The molecule has 1 aliphatic rings. The Morgan fingerprint density at radius 1 is 0.914 bits per heavy atom. The van der Waals surface area contributed by atoms with Crippen LogP contribution in [0, 0.1) is 11.3 Å². The average molecular weight is 478 g/mol. The minimum Gasteiger partial charge on any atom is -0.338 e. The number of anilines is 1. The highest BCUT2D eigenvalue weighted by atomic mass is 16.2. The van der Waals surface area contributed by atoms with Crippen LogP contribution in [0.2, 0.25) is 0 Å². The molecule has 0 bridgehead atoms. The largest absolute Gasteiger partial charge is 0.338 e. The van der Waals surface area contributed by atoms with Crippen LogP contribution in [0.5, 0.6) is 0 Å². The number of hydrogen-bond donors (Lipinski definition) is 2. The summed E-state index contributed by atoms with van der Waals surface area (Å²) in [5.74, 6) is 0.250. The van der Waals surface area contributed by atoms with Gasteiger partial charge in [-0.3, -0.25) is 9.59 Å². The highest BCUT2D eigenvalue weighted by Gasteiger charge is 2.30. The van der Waals surface area contributed by atoms with Crippen molar-refractivity contribution in [3.8, 4) is 0 Å². The number of nitrogens with one attached hydrogen (secondary N) is 1. The van der Waals surface area contributed by atoms with E-state index in [1.165, 1.54) is 12.0 Å². The van der Waals surface area contributed by atoms with E-state index in [1.807, 2.05) is 53.4 Å². The lowest BCUT2D eigenvalue weighted by Gasteiger charge is -2.35. The van der Waals surface area contributed by atoms with Crippen LogP contribution in [0.1, 0.15) is 88.2 Å². The Morgan fingerprint density at radius 2 is 1.51 bits per heavy atom. The van der Waals surface area contributed by atoms with E-state index >= 15 is 0 Å². The number of nitrogens with zero attached hydrogens (tertiary/aromatic N) is 1. The Labute approximate surface area is 211 Å². The summed E-state index contributed by atoms with van der Waals surface area (Å²) >= 11 is 0. The SMILES string of the molecule is CC(C)(CN)CN(Cc1ccc(NC(=O)c2ccc(C(C)(C)C)cc2)cc1)C(=O)C1CCCCC1. The van der Waals surface area contributed by atoms with Crippen LogP contribution < -0.4 is 11.1 Å². The zero-order chi connectivity index (χ0) is 25.6. The van der Waals surface area contributed by atoms with E-state index < -0.39 is 0 Å². The highest BCUT2D eigenvalue weighted by molar-refractivity contribution is 6.04. The molecule has 5 nitrogen and oxygen atoms in total. The van der Waals surface area contributed by atoms with Crippen molar-refractivity contribution in [2.75, 3.05) is 18.4 Å². The molecule has 0 saturated heterocycles. The van der Waals surface area contributed by atoms with Gasteiger partial charge in [0.15, 0.2) is 0 Å². The smallest absolute Gasteiger partial charge is 0.255 e. The molecule has 1 saturated carbocycles. The summed E-state index contributed by atoms with van der Waals surface area (Å²) in [5, 5.41) is 2.98. The normalized spacial score (nSPS) is 15.0. The first-order valence-corrected chi connectivity index (χ1v) is 13.0. The van der Waals surface area contributed by atoms with E-state index in [0.717, 1.165) is 36.9 Å². The van der Waals surface area contributed by atoms with E-state index in [1.54, 1.807) is 0 Å². The lowest BCUT2D eigenvalue weighted by molar-refractivity contribution is -0.138. The van der Waals surface area contributed by atoms with Crippen molar-refractivity contribution in [3.05, 3.63) is 65.2 Å². The van der Waals surface area contributed by atoms with Gasteiger partial charge < -0.3 is 16.0 Å². The second-order valence-corrected chi connectivity index (χ2v) is 11.9. The third-order valence-electron chi connectivity index (χ3n) is 7.04. The third kappa shape index (κ3) is 7.66. The summed E-state index contributed by atoms with van der Waals surface area (Å²) < 4.78 is 0. The second-order valence-electron chi connectivity index (χ2n) is 11.9. The standard InChI is InChI=1S/C30H43N3O2/c1-29(2,3)25-15-13-23(14-16-25)27(34)32-26-17-11-22(12-18-26)19-33(21-30(4,5)20-31)28(35)24-9-7-6-8-10-24/h11-18,24H,6-10,19-21,31H2,1-5H3,(H,32,34). The van der Waals surface area contributed by atoms with Crippen LogP contribution in [-0.4, -0.2) is 29.8 Å². The molecule has 2 amide bonds. The number of benzene rings is 2. The van der Waals surface area contributed by atoms with Gasteiger partial charge in [-0.2, -0.15) is 0 Å². The molecular weight excluding hydrogens is 434 g/mol. The fraction of sp³-hybridized carbons (Fsp3) is 0.533. The Kier molecular flexibility index (Phi) is 8.76. The maximum absolute atomic E-state index is 13.4. The summed E-state index contributed by atoms with van der Waals surface area (Å²) in [6.45, 7) is 12.4. The monoisotopic (exact) mass is 477 g/mol. The van der Waals surface area contributed by atoms with Gasteiger partial charge in [0.2, 0.25) is 5.91 Å². The molecule has 3 N–H and O–H groups in total. The topological polar surface area (TPSA) is 75.4 Å². The molecule has 1 fully saturated rings. The summed E-state index contributed by atoms with van der Waals surface area (Å²) in [6, 6.07) is 15.6. The van der Waals surface area contributed by atoms with Crippen molar-refractivity contribution < 1.29 is 9.59 Å². The van der Waals surface area contributed by atoms with Crippen LogP contribution >= 0.6 is 0 Å². The molecule has 0 unspecified atom stereocenters. The van der Waals surface area contributed by atoms with Gasteiger partial charge in [0, 0.05) is 30.3 Å². The summed E-state index contributed by atoms with van der Waals surface area (Å²) in [4.78, 5) is 28.1. The molecule has 0 radical (unpaired) electrons. The van der Waals surface area contributed by atoms with E-state index in [4.69, 9.17) is 5.73 Å². The van der Waals surface area contributed by atoms with Gasteiger partial charge in [0.05, 0.1) is 0 Å². The molecular formula is C30H43N3O2. The van der Waals surface area contributed by atoms with Crippen molar-refractivity contribution in [1.82, 2.24) is 4.90 Å². The Balaban J connectivity index is 1.67. The maximum Gasteiger partial charge on any atom is 0.255 e. The quantitative estimate of drug-likeness (QED) is 0.480. The van der Waals surface area contributed by atoms with Crippen molar-refractivity contribution >= 4 is 17.5 Å². The first kappa shape index (κ1) is 26.9. The first-order chi connectivity index (χ1) is 16.5. The fourth-order valence-corrected chi connectivity index (χ4v) is 4.64. The minimum atomic E-state index is -0.138. The molecule has 2 aromatic carbocycles. The lowest BCUT2D eigenvalue weighted by atomic mass is 9.86. The molecule has 0 aromatic heterocycles. The average Bonchev–Trinajstić information content (AvgIpc) is 2.84. The lowest BCUT2D eigenvalue weighted by Crippen LogP contribution is -2.44. The second kappa shape index (κ2) is 11.4. The van der Waals surface area contributed by atoms with Gasteiger partial charge in [-0.15, -0.1) is 0 Å². The van der Waals surface area contributed by atoms with Gasteiger partial charge in [-0.1, -0.05) is 78.1 Å². The molecule has 1 aliphatic carbocycles. The predicted octanol–water partition coefficient (Wildman–Crippen LogP) is 6.13. The van der Waals surface area contributed by atoms with E-state index in [-0.39, 0.29) is 28.6 Å². The Morgan fingerprint density at radius 3 is 2.06 bits per heavy atom. The molecule has 2 aromatic rings. The predicted molar refractivity (Wildman–Crippen MR) is 144 cm³/mol. The van der Waals surface area contributed by atoms with Crippen LogP contribution in [0.25, 0.3) is 0 Å². The summed E-state index contributed by atoms with van der Waals surface area (Å²) in [6.07, 6.45) is 5.47. The number of carbonyl (C=O) groups is 2. The van der Waals surface area contributed by atoms with E-state index in [2.05, 4.69) is 39.9 Å². The van der Waals surface area contributed by atoms with Crippen molar-refractivity contribution in [2.45, 2.75) is 78.7 Å². The zero-order valence-electron chi connectivity index (χ0n) is 22.2. The number of nitrogens with two attached hydrogens (primary N) is 1. The number of rotatable bonds is 8. The van der Waals surface area contributed by atoms with Gasteiger partial charge in [0.1, 0.15) is 0 Å². The molecule has 0 heterocycles. The van der Waals surface area contributed by atoms with Crippen molar-refractivity contribution in [3.63, 3.8) is 0 Å². The van der Waals surface area contributed by atoms with Crippen LogP contribution in [-0.2, 0) is 16.8 Å². The first-order valence-electron chi connectivity index (χ1n) is 13.0. The molecule has 0 atom stereocenters. The van der Waals surface area contributed by atoms with Crippen LogP contribution in [0.4, 0.5) is 5.69 Å². The highest BCUT2D eigenvalue weighted by Crippen LogP contribution is 2.28. The van der Waals surface area contributed by atoms with Crippen LogP contribution in [0.15, 0.2) is 48.5 Å². The molecule has 0 aliphatic heterocycles. The van der Waals surface area contributed by atoms with E-state index in [0.29, 0.717) is 25.2 Å². The number of amides is 2. The van der Waals surface area contributed by atoms with Gasteiger partial charge in [-0.05, 0) is 65.6 Å². The summed E-state index contributed by atoms with van der Waals surface area (Å²) in [7, 11) is 0. The molecule has 0 spiro atoms. The maximum atomic E-state index is 13.4. The molecule has 190 valence electrons.